The number of ether oxygens (including phenoxy) is 3. The number of carbonyl (C=O) groups excluding carboxylic acids is 1. The lowest BCUT2D eigenvalue weighted by atomic mass is 10.1. The minimum Gasteiger partial charge on any atom is -0.372 e. The molecule has 0 saturated carbocycles. The van der Waals surface area contributed by atoms with Gasteiger partial charge in [0.05, 0.1) is 13.2 Å². The van der Waals surface area contributed by atoms with Crippen LogP contribution in [0.1, 0.15) is 19.4 Å². The van der Waals surface area contributed by atoms with Gasteiger partial charge in [-0.15, -0.1) is 0 Å². The molecule has 0 aromatic heterocycles. The van der Waals surface area contributed by atoms with E-state index in [0.29, 0.717) is 13.2 Å². The molecule has 0 bridgehead atoms. The van der Waals surface area contributed by atoms with E-state index in [1.807, 2.05) is 44.2 Å². The van der Waals surface area contributed by atoms with E-state index in [9.17, 15) is 4.79 Å². The van der Waals surface area contributed by atoms with Crippen LogP contribution in [-0.2, 0) is 25.6 Å². The first-order valence-corrected chi connectivity index (χ1v) is 6.77. The summed E-state index contributed by atoms with van der Waals surface area (Å²) in [5.41, 5.74) is 1.97. The third-order valence-corrected chi connectivity index (χ3v) is 3.45. The van der Waals surface area contributed by atoms with Crippen molar-refractivity contribution in [1.82, 2.24) is 0 Å². The molecule has 2 aliphatic rings. The van der Waals surface area contributed by atoms with Gasteiger partial charge < -0.3 is 14.2 Å². The van der Waals surface area contributed by atoms with E-state index >= 15 is 0 Å². The Morgan fingerprint density at radius 3 is 2.55 bits per heavy atom. The molecule has 106 valence electrons. The zero-order valence-electron chi connectivity index (χ0n) is 11.7. The molecule has 1 aliphatic carbocycles. The molecule has 1 aromatic rings. The third-order valence-electron chi connectivity index (χ3n) is 3.45. The van der Waals surface area contributed by atoms with Crippen LogP contribution in [-0.4, -0.2) is 30.4 Å². The van der Waals surface area contributed by atoms with Gasteiger partial charge in [0.2, 0.25) is 0 Å². The molecule has 0 N–H and O–H groups in total. The van der Waals surface area contributed by atoms with Crippen LogP contribution in [0.15, 0.2) is 42.0 Å². The lowest BCUT2D eigenvalue weighted by Crippen LogP contribution is -2.26. The largest absolute Gasteiger partial charge is 0.372 e. The molecular weight excluding hydrogens is 256 g/mol. The number of carbonyl (C=O) groups is 1. The van der Waals surface area contributed by atoms with Gasteiger partial charge in [-0.2, -0.15) is 0 Å². The fourth-order valence-corrected chi connectivity index (χ4v) is 2.57. The van der Waals surface area contributed by atoms with Gasteiger partial charge in [-0.25, -0.2) is 0 Å². The van der Waals surface area contributed by atoms with Crippen molar-refractivity contribution in [1.29, 1.82) is 0 Å². The number of hydrogen-bond donors (Lipinski definition) is 0. The highest BCUT2D eigenvalue weighted by molar-refractivity contribution is 5.98. The second-order valence-electron chi connectivity index (χ2n) is 5.58. The maximum atomic E-state index is 11.9. The molecule has 1 heterocycles. The first kappa shape index (κ1) is 13.5. The zero-order chi connectivity index (χ0) is 14.2. The summed E-state index contributed by atoms with van der Waals surface area (Å²) in [6.45, 7) is 4.55. The number of fused-ring (bicyclic) bond motifs is 1. The summed E-state index contributed by atoms with van der Waals surface area (Å²) in [6.07, 6.45) is 0.795. The Morgan fingerprint density at radius 1 is 1.10 bits per heavy atom. The van der Waals surface area contributed by atoms with Crippen molar-refractivity contribution < 1.29 is 19.0 Å². The Balaban J connectivity index is 1.58. The van der Waals surface area contributed by atoms with E-state index < -0.39 is 11.9 Å². The quantitative estimate of drug-likeness (QED) is 0.844. The van der Waals surface area contributed by atoms with Crippen molar-refractivity contribution in [2.75, 3.05) is 6.61 Å². The van der Waals surface area contributed by atoms with Crippen molar-refractivity contribution in [2.45, 2.75) is 38.4 Å². The molecule has 0 amide bonds. The maximum Gasteiger partial charge on any atom is 0.187 e. The minimum atomic E-state index is -0.704. The van der Waals surface area contributed by atoms with Crippen molar-refractivity contribution >= 4 is 5.78 Å². The van der Waals surface area contributed by atoms with Gasteiger partial charge in [0.1, 0.15) is 6.10 Å². The van der Waals surface area contributed by atoms with Gasteiger partial charge in [0.25, 0.3) is 0 Å². The van der Waals surface area contributed by atoms with Crippen molar-refractivity contribution in [3.63, 3.8) is 0 Å². The van der Waals surface area contributed by atoms with E-state index in [0.717, 1.165) is 11.1 Å². The lowest BCUT2D eigenvalue weighted by Gasteiger charge is -2.18. The Bertz CT molecular complexity index is 533. The predicted octanol–water partition coefficient (Wildman–Crippen LogP) is 2.23. The molecule has 20 heavy (non-hydrogen) atoms. The molecular formula is C16H18O4. The minimum absolute atomic E-state index is 0.0288. The summed E-state index contributed by atoms with van der Waals surface area (Å²) in [7, 11) is 0. The van der Waals surface area contributed by atoms with E-state index in [2.05, 4.69) is 0 Å². The van der Waals surface area contributed by atoms with Gasteiger partial charge >= 0.3 is 0 Å². The standard InChI is InChI=1S/C16H18O4/c1-16(2)19-14-12(8-13(17)15(14)20-16)10-18-9-11-6-4-3-5-7-11/h3-8,14-15H,9-10H2,1-2H3/t14-,15-/m1/s1. The highest BCUT2D eigenvalue weighted by Crippen LogP contribution is 2.36. The van der Waals surface area contributed by atoms with Crippen LogP contribution in [0.3, 0.4) is 0 Å². The summed E-state index contributed by atoms with van der Waals surface area (Å²) in [5, 5.41) is 0. The lowest BCUT2D eigenvalue weighted by molar-refractivity contribution is -0.153. The number of rotatable bonds is 4. The maximum absolute atomic E-state index is 11.9. The van der Waals surface area contributed by atoms with Crippen LogP contribution < -0.4 is 0 Å². The Morgan fingerprint density at radius 2 is 1.80 bits per heavy atom. The highest BCUT2D eigenvalue weighted by atomic mass is 16.8. The zero-order valence-corrected chi connectivity index (χ0v) is 11.7. The van der Waals surface area contributed by atoms with E-state index in [1.54, 1.807) is 6.08 Å². The van der Waals surface area contributed by atoms with Gasteiger partial charge in [0.15, 0.2) is 17.7 Å². The van der Waals surface area contributed by atoms with E-state index in [4.69, 9.17) is 14.2 Å². The molecule has 1 aliphatic heterocycles. The predicted molar refractivity (Wildman–Crippen MR) is 73.0 cm³/mol. The molecule has 1 fully saturated rings. The number of benzene rings is 1. The topological polar surface area (TPSA) is 44.8 Å². The molecule has 3 rings (SSSR count). The van der Waals surface area contributed by atoms with Crippen molar-refractivity contribution in [2.24, 2.45) is 0 Å². The van der Waals surface area contributed by atoms with Gasteiger partial charge in [0, 0.05) is 0 Å². The third kappa shape index (κ3) is 2.68. The van der Waals surface area contributed by atoms with Crippen LogP contribution in [0.2, 0.25) is 0 Å². The van der Waals surface area contributed by atoms with Gasteiger partial charge in [-0.1, -0.05) is 30.3 Å². The summed E-state index contributed by atoms with van der Waals surface area (Å²) < 4.78 is 17.0. The molecule has 1 aromatic carbocycles. The van der Waals surface area contributed by atoms with Gasteiger partial charge in [-0.3, -0.25) is 4.79 Å². The molecule has 4 heteroatoms. The Kier molecular flexibility index (Phi) is 3.46. The molecule has 2 atom stereocenters. The fraction of sp³-hybridized carbons (Fsp3) is 0.438. The van der Waals surface area contributed by atoms with Crippen LogP contribution in [0.25, 0.3) is 0 Å². The average molecular weight is 274 g/mol. The van der Waals surface area contributed by atoms with Crippen LogP contribution >= 0.6 is 0 Å². The fourth-order valence-electron chi connectivity index (χ4n) is 2.57. The smallest absolute Gasteiger partial charge is 0.187 e. The first-order chi connectivity index (χ1) is 9.55. The second kappa shape index (κ2) is 5.13. The molecule has 0 radical (unpaired) electrons. The van der Waals surface area contributed by atoms with E-state index in [1.165, 1.54) is 0 Å². The molecule has 0 unspecified atom stereocenters. The van der Waals surface area contributed by atoms with Crippen molar-refractivity contribution in [3.8, 4) is 0 Å². The monoisotopic (exact) mass is 274 g/mol. The summed E-state index contributed by atoms with van der Waals surface area (Å²) >= 11 is 0. The Hall–Kier alpha value is -1.49. The molecule has 1 saturated heterocycles. The normalized spacial score (nSPS) is 27.5. The average Bonchev–Trinajstić information content (AvgIpc) is 2.87. The van der Waals surface area contributed by atoms with Crippen LogP contribution in [0.5, 0.6) is 0 Å². The molecule has 4 nitrogen and oxygen atoms in total. The number of ketones is 1. The van der Waals surface area contributed by atoms with E-state index in [-0.39, 0.29) is 11.9 Å². The van der Waals surface area contributed by atoms with Crippen molar-refractivity contribution in [3.05, 3.63) is 47.5 Å². The summed E-state index contributed by atoms with van der Waals surface area (Å²) in [4.78, 5) is 11.9. The Labute approximate surface area is 118 Å². The summed E-state index contributed by atoms with van der Waals surface area (Å²) in [6, 6.07) is 9.94. The van der Waals surface area contributed by atoms with Crippen LogP contribution in [0, 0.1) is 0 Å². The SMILES string of the molecule is CC1(C)O[C@@H]2C(=O)C=C(COCc3ccccc3)[C@H]2O1. The molecule has 0 spiro atoms. The summed E-state index contributed by atoms with van der Waals surface area (Å²) in [5.74, 6) is -0.733. The first-order valence-electron chi connectivity index (χ1n) is 6.77. The van der Waals surface area contributed by atoms with Gasteiger partial charge in [-0.05, 0) is 31.1 Å². The second-order valence-corrected chi connectivity index (χ2v) is 5.58. The highest BCUT2D eigenvalue weighted by Gasteiger charge is 2.49. The number of hydrogen-bond acceptors (Lipinski definition) is 4. The van der Waals surface area contributed by atoms with Crippen LogP contribution in [0.4, 0.5) is 0 Å².